The maximum Gasteiger partial charge on any atom is 0.303 e. The minimum absolute atomic E-state index is 0.299. The minimum atomic E-state index is -1.47. The lowest BCUT2D eigenvalue weighted by molar-refractivity contribution is -0.137. The van der Waals surface area contributed by atoms with Crippen LogP contribution in [0, 0.1) is 0 Å². The van der Waals surface area contributed by atoms with Gasteiger partial charge in [0.05, 0.1) is 112 Å². The summed E-state index contributed by atoms with van der Waals surface area (Å²) in [5, 5.41) is 57.6. The number of aliphatic carboxylic acids is 1. The summed E-state index contributed by atoms with van der Waals surface area (Å²) in [5.74, 6) is -0.689. The number of nitrogens with one attached hydrogen (secondary N) is 3. The fourth-order valence-corrected chi connectivity index (χ4v) is 6.46. The summed E-state index contributed by atoms with van der Waals surface area (Å²) in [6, 6.07) is -0.481. The molecule has 0 spiro atoms. The number of hydrogen-bond donors (Lipinski definition) is 8. The van der Waals surface area contributed by atoms with E-state index < -0.39 is 30.8 Å². The summed E-state index contributed by atoms with van der Waals surface area (Å²) in [5.41, 5.74) is 0. The maximum absolute atomic E-state index is 10.5. The van der Waals surface area contributed by atoms with Gasteiger partial charge in [0.1, 0.15) is 12.5 Å². The highest BCUT2D eigenvalue weighted by atomic mass is 16.6. The standard InChI is InChI=1S/C46H95N3O14/c1-2-3-23-48-44(51)22-26-56-28-30-58-32-34-60-36-38-62-40-41-63-39-37-61-35-33-59-31-29-57-27-25-49-43(50)21-20-42(46(54)55)47-24-18-16-14-12-10-8-6-4-5-7-9-11-13-15-17-19-45(52)53/h42-44,46-51,54-55H,2-41H2,1H3,(H,52,53)/t42?,43-,44?/m0/s1. The number of aliphatic hydroxyl groups excluding tert-OH is 3. The minimum Gasteiger partial charge on any atom is -0.481 e. The molecular formula is C46H95N3O14. The van der Waals surface area contributed by atoms with E-state index in [-0.39, 0.29) is 0 Å². The van der Waals surface area contributed by atoms with E-state index in [0.29, 0.717) is 138 Å². The smallest absolute Gasteiger partial charge is 0.303 e. The van der Waals surface area contributed by atoms with Gasteiger partial charge >= 0.3 is 5.97 Å². The molecule has 0 saturated heterocycles. The zero-order valence-electron chi connectivity index (χ0n) is 39.5. The van der Waals surface area contributed by atoms with Crippen molar-refractivity contribution >= 4 is 5.97 Å². The van der Waals surface area contributed by atoms with E-state index in [4.69, 9.17) is 43.0 Å². The van der Waals surface area contributed by atoms with E-state index in [1.165, 1.54) is 64.2 Å². The first kappa shape index (κ1) is 61.9. The zero-order valence-corrected chi connectivity index (χ0v) is 39.5. The Balaban J connectivity index is 3.38. The Morgan fingerprint density at radius 1 is 0.381 bits per heavy atom. The predicted octanol–water partition coefficient (Wildman–Crippen LogP) is 4.50. The molecule has 0 heterocycles. The maximum atomic E-state index is 10.5. The Kier molecular flexibility index (Phi) is 50.9. The molecule has 0 rings (SSSR count). The molecule has 63 heavy (non-hydrogen) atoms. The first-order chi connectivity index (χ1) is 30.9. The van der Waals surface area contributed by atoms with Crippen LogP contribution in [0.15, 0.2) is 0 Å². The normalized spacial score (nSPS) is 13.3. The summed E-state index contributed by atoms with van der Waals surface area (Å²) in [7, 11) is 0. The molecule has 0 amide bonds. The van der Waals surface area contributed by atoms with Crippen molar-refractivity contribution < 1.29 is 68.2 Å². The van der Waals surface area contributed by atoms with Gasteiger partial charge in [0, 0.05) is 19.4 Å². The van der Waals surface area contributed by atoms with Crippen LogP contribution in [-0.4, -0.2) is 182 Å². The van der Waals surface area contributed by atoms with Crippen molar-refractivity contribution in [3.05, 3.63) is 0 Å². The number of carbonyl (C=O) groups is 1. The first-order valence-electron chi connectivity index (χ1n) is 24.6. The molecule has 0 aromatic carbocycles. The van der Waals surface area contributed by atoms with Crippen LogP contribution in [0.2, 0.25) is 0 Å². The quantitative estimate of drug-likeness (QED) is 0.0310. The van der Waals surface area contributed by atoms with Gasteiger partial charge in [-0.25, -0.2) is 0 Å². The SMILES string of the molecule is CCCCNC(O)CCOCCOCCOCCOCCOCCOCCOCCOCCN[C@@H](O)CCC(NCCCCCCCCCCCCCCCCCC(=O)O)C(O)O. The van der Waals surface area contributed by atoms with Crippen molar-refractivity contribution in [1.82, 2.24) is 16.0 Å². The number of unbranched alkanes of at least 4 members (excludes halogenated alkanes) is 15. The molecule has 378 valence electrons. The third-order valence-corrected chi connectivity index (χ3v) is 10.3. The molecule has 0 radical (unpaired) electrons. The molecule has 2 unspecified atom stereocenters. The van der Waals surface area contributed by atoms with Crippen molar-refractivity contribution in [3.63, 3.8) is 0 Å². The Bertz CT molecular complexity index is 901. The Morgan fingerprint density at radius 3 is 1.11 bits per heavy atom. The van der Waals surface area contributed by atoms with Crippen LogP contribution < -0.4 is 16.0 Å². The van der Waals surface area contributed by atoms with Gasteiger partial charge in [0.15, 0.2) is 6.29 Å². The highest BCUT2D eigenvalue weighted by molar-refractivity contribution is 5.66. The lowest BCUT2D eigenvalue weighted by Crippen LogP contribution is -2.42. The molecule has 0 aliphatic rings. The van der Waals surface area contributed by atoms with E-state index in [9.17, 15) is 25.2 Å². The van der Waals surface area contributed by atoms with Gasteiger partial charge < -0.3 is 68.7 Å². The van der Waals surface area contributed by atoms with Gasteiger partial charge in [-0.2, -0.15) is 0 Å². The lowest BCUT2D eigenvalue weighted by Gasteiger charge is -2.22. The highest BCUT2D eigenvalue weighted by Gasteiger charge is 2.17. The van der Waals surface area contributed by atoms with E-state index in [2.05, 4.69) is 22.9 Å². The molecule has 0 saturated carbocycles. The number of ether oxygens (including phenoxy) is 8. The molecule has 0 aromatic rings. The van der Waals surface area contributed by atoms with E-state index in [0.717, 1.165) is 58.0 Å². The molecule has 0 aromatic heterocycles. The van der Waals surface area contributed by atoms with Crippen LogP contribution >= 0.6 is 0 Å². The van der Waals surface area contributed by atoms with Gasteiger partial charge in [0.2, 0.25) is 0 Å². The molecule has 17 heteroatoms. The van der Waals surface area contributed by atoms with Crippen molar-refractivity contribution in [2.24, 2.45) is 0 Å². The Hall–Kier alpha value is -1.13. The van der Waals surface area contributed by atoms with Crippen molar-refractivity contribution in [2.75, 3.05) is 125 Å². The fraction of sp³-hybridized carbons (Fsp3) is 0.978. The summed E-state index contributed by atoms with van der Waals surface area (Å²) in [6.45, 7) is 11.7. The van der Waals surface area contributed by atoms with E-state index >= 15 is 0 Å². The average Bonchev–Trinajstić information content (AvgIpc) is 3.26. The molecule has 0 aliphatic carbocycles. The van der Waals surface area contributed by atoms with Crippen molar-refractivity contribution in [1.29, 1.82) is 0 Å². The molecule has 3 atom stereocenters. The van der Waals surface area contributed by atoms with Gasteiger partial charge in [0.25, 0.3) is 0 Å². The highest BCUT2D eigenvalue weighted by Crippen LogP contribution is 2.14. The number of carboxylic acids is 1. The monoisotopic (exact) mass is 914 g/mol. The van der Waals surface area contributed by atoms with Crippen LogP contribution in [0.1, 0.15) is 142 Å². The Morgan fingerprint density at radius 2 is 0.714 bits per heavy atom. The van der Waals surface area contributed by atoms with Gasteiger partial charge in [-0.05, 0) is 45.2 Å². The lowest BCUT2D eigenvalue weighted by atomic mass is 10.0. The van der Waals surface area contributed by atoms with Gasteiger partial charge in [-0.3, -0.25) is 15.4 Å². The zero-order chi connectivity index (χ0) is 45.9. The fourth-order valence-electron chi connectivity index (χ4n) is 6.46. The summed E-state index contributed by atoms with van der Waals surface area (Å²) in [4.78, 5) is 10.5. The van der Waals surface area contributed by atoms with E-state index in [1.54, 1.807) is 0 Å². The van der Waals surface area contributed by atoms with Crippen LogP contribution in [-0.2, 0) is 42.7 Å². The topological polar surface area (TPSA) is 228 Å². The third-order valence-electron chi connectivity index (χ3n) is 10.3. The Labute approximate surface area is 381 Å². The number of hydrogen-bond acceptors (Lipinski definition) is 16. The summed E-state index contributed by atoms with van der Waals surface area (Å²) < 4.78 is 44.0. The number of rotatable bonds is 55. The molecule has 8 N–H and O–H groups in total. The van der Waals surface area contributed by atoms with E-state index in [1.807, 2.05) is 0 Å². The second-order valence-electron chi connectivity index (χ2n) is 16.0. The summed E-state index contributed by atoms with van der Waals surface area (Å²) in [6.07, 6.45) is 18.9. The third kappa shape index (κ3) is 51.7. The van der Waals surface area contributed by atoms with Gasteiger partial charge in [-0.1, -0.05) is 96.8 Å². The van der Waals surface area contributed by atoms with Crippen LogP contribution in [0.4, 0.5) is 0 Å². The molecule has 17 nitrogen and oxygen atoms in total. The van der Waals surface area contributed by atoms with Crippen LogP contribution in [0.3, 0.4) is 0 Å². The number of aliphatic hydroxyl groups is 4. The summed E-state index contributed by atoms with van der Waals surface area (Å²) >= 11 is 0. The van der Waals surface area contributed by atoms with Crippen LogP contribution in [0.25, 0.3) is 0 Å². The second-order valence-corrected chi connectivity index (χ2v) is 16.0. The largest absolute Gasteiger partial charge is 0.481 e. The van der Waals surface area contributed by atoms with Crippen molar-refractivity contribution in [3.8, 4) is 0 Å². The number of carboxylic acid groups (broad SMARTS) is 1. The second kappa shape index (κ2) is 51.8. The van der Waals surface area contributed by atoms with Crippen molar-refractivity contribution in [2.45, 2.75) is 167 Å². The molecule has 0 aliphatic heterocycles. The first-order valence-corrected chi connectivity index (χ1v) is 24.6. The molecule has 0 fully saturated rings. The van der Waals surface area contributed by atoms with Gasteiger partial charge in [-0.15, -0.1) is 0 Å². The average molecular weight is 914 g/mol. The predicted molar refractivity (Wildman–Crippen MR) is 245 cm³/mol. The van der Waals surface area contributed by atoms with Crippen LogP contribution in [0.5, 0.6) is 0 Å². The molecular weight excluding hydrogens is 819 g/mol. The molecule has 0 bridgehead atoms.